The molecule has 1 aromatic heterocycles. The number of hydrogen-bond acceptors (Lipinski definition) is 3. The molecule has 2 aromatic rings. The zero-order chi connectivity index (χ0) is 13.0. The van der Waals surface area contributed by atoms with Crippen molar-refractivity contribution in [2.24, 2.45) is 0 Å². The summed E-state index contributed by atoms with van der Waals surface area (Å²) in [6.07, 6.45) is -0.542. The summed E-state index contributed by atoms with van der Waals surface area (Å²) in [5, 5.41) is 4.31. The normalized spacial score (nSPS) is 11.1. The molecule has 0 fully saturated rings. The van der Waals surface area contributed by atoms with E-state index >= 15 is 0 Å². The smallest absolute Gasteiger partial charge is 0.263 e. The fraction of sp³-hybridized carbons (Fsp3) is 0.308. The van der Waals surface area contributed by atoms with Crippen molar-refractivity contribution in [3.8, 4) is 0 Å². The number of nitrogens with one attached hydrogen (secondary N) is 1. The summed E-state index contributed by atoms with van der Waals surface area (Å²) < 4.78 is 24.7. The molecule has 0 saturated heterocycles. The summed E-state index contributed by atoms with van der Waals surface area (Å²) in [4.78, 5) is 5.35. The number of alkyl halides is 2. The number of benzene rings is 1. The molecule has 1 N–H and O–H groups in total. The van der Waals surface area contributed by atoms with E-state index in [1.165, 1.54) is 17.0 Å². The molecule has 1 aromatic carbocycles. The fourth-order valence-electron chi connectivity index (χ4n) is 1.60. The molecule has 5 heteroatoms. The Kier molecular flexibility index (Phi) is 4.38. The number of aryl methyl sites for hydroxylation is 1. The van der Waals surface area contributed by atoms with Crippen LogP contribution in [0.5, 0.6) is 0 Å². The maximum absolute atomic E-state index is 12.4. The lowest BCUT2D eigenvalue weighted by Gasteiger charge is -2.04. The minimum absolute atomic E-state index is 0.0665. The van der Waals surface area contributed by atoms with Gasteiger partial charge in [-0.05, 0) is 12.5 Å². The third-order valence-electron chi connectivity index (χ3n) is 2.53. The quantitative estimate of drug-likeness (QED) is 0.894. The molecule has 0 bridgehead atoms. The van der Waals surface area contributed by atoms with Crippen LogP contribution in [0.4, 0.5) is 8.78 Å². The Hall–Kier alpha value is -1.33. The third kappa shape index (κ3) is 3.58. The zero-order valence-electron chi connectivity index (χ0n) is 9.99. The first-order valence-electron chi connectivity index (χ1n) is 5.64. The average molecular weight is 268 g/mol. The molecule has 0 aliphatic rings. The average Bonchev–Trinajstić information content (AvgIpc) is 2.76. The molecular formula is C13H14F2N2S. The molecule has 0 amide bonds. The van der Waals surface area contributed by atoms with Crippen LogP contribution in [0, 0.1) is 6.92 Å². The SMILES string of the molecule is Cc1ncc(CNCc2ccc(C(F)F)cc2)s1. The molecule has 0 radical (unpaired) electrons. The number of rotatable bonds is 5. The van der Waals surface area contributed by atoms with Gasteiger partial charge < -0.3 is 5.32 Å². The Labute approximate surface area is 109 Å². The standard InChI is InChI=1S/C13H14F2N2S/c1-9-17-8-12(18-9)7-16-6-10-2-4-11(5-3-10)13(14)15/h2-5,8,13,16H,6-7H2,1H3. The molecule has 1 heterocycles. The lowest BCUT2D eigenvalue weighted by atomic mass is 10.1. The van der Waals surface area contributed by atoms with Crippen molar-refractivity contribution in [3.05, 3.63) is 51.5 Å². The van der Waals surface area contributed by atoms with E-state index in [9.17, 15) is 8.78 Å². The van der Waals surface area contributed by atoms with Crippen molar-refractivity contribution < 1.29 is 8.78 Å². The van der Waals surface area contributed by atoms with E-state index in [0.29, 0.717) is 6.54 Å². The first-order valence-corrected chi connectivity index (χ1v) is 6.46. The highest BCUT2D eigenvalue weighted by Crippen LogP contribution is 2.18. The van der Waals surface area contributed by atoms with Crippen molar-refractivity contribution in [2.45, 2.75) is 26.4 Å². The highest BCUT2D eigenvalue weighted by Gasteiger charge is 2.05. The number of thiazole rings is 1. The largest absolute Gasteiger partial charge is 0.308 e. The van der Waals surface area contributed by atoms with Gasteiger partial charge in [0.25, 0.3) is 6.43 Å². The Balaban J connectivity index is 1.83. The van der Waals surface area contributed by atoms with Crippen LogP contribution in [-0.4, -0.2) is 4.98 Å². The second-order valence-corrected chi connectivity index (χ2v) is 5.31. The van der Waals surface area contributed by atoms with Gasteiger partial charge in [-0.2, -0.15) is 0 Å². The molecule has 0 aliphatic carbocycles. The Morgan fingerprint density at radius 2 is 1.94 bits per heavy atom. The lowest BCUT2D eigenvalue weighted by molar-refractivity contribution is 0.151. The molecule has 96 valence electrons. The van der Waals surface area contributed by atoms with Crippen molar-refractivity contribution in [2.75, 3.05) is 0 Å². The molecule has 0 spiro atoms. The van der Waals surface area contributed by atoms with Crippen LogP contribution in [0.15, 0.2) is 30.5 Å². The monoisotopic (exact) mass is 268 g/mol. The highest BCUT2D eigenvalue weighted by molar-refractivity contribution is 7.11. The van der Waals surface area contributed by atoms with Gasteiger partial charge in [0, 0.05) is 29.7 Å². The number of hydrogen-bond donors (Lipinski definition) is 1. The van der Waals surface area contributed by atoms with Crippen LogP contribution in [0.3, 0.4) is 0 Å². The summed E-state index contributed by atoms with van der Waals surface area (Å²) >= 11 is 1.66. The molecule has 0 aliphatic heterocycles. The predicted octanol–water partition coefficient (Wildman–Crippen LogP) is 3.68. The first-order chi connectivity index (χ1) is 8.65. The Morgan fingerprint density at radius 1 is 1.22 bits per heavy atom. The van der Waals surface area contributed by atoms with Crippen molar-refractivity contribution in [3.63, 3.8) is 0 Å². The van der Waals surface area contributed by atoms with Gasteiger partial charge in [0.2, 0.25) is 0 Å². The van der Waals surface area contributed by atoms with Crippen molar-refractivity contribution in [1.29, 1.82) is 0 Å². The minimum Gasteiger partial charge on any atom is -0.308 e. The maximum atomic E-state index is 12.4. The van der Waals surface area contributed by atoms with E-state index in [1.54, 1.807) is 23.5 Å². The van der Waals surface area contributed by atoms with Crippen LogP contribution in [0.1, 0.15) is 27.4 Å². The highest BCUT2D eigenvalue weighted by atomic mass is 32.1. The van der Waals surface area contributed by atoms with E-state index in [1.807, 2.05) is 13.1 Å². The van der Waals surface area contributed by atoms with E-state index in [2.05, 4.69) is 10.3 Å². The number of aromatic nitrogens is 1. The molecular weight excluding hydrogens is 254 g/mol. The fourth-order valence-corrected chi connectivity index (χ4v) is 2.36. The van der Waals surface area contributed by atoms with Crippen LogP contribution < -0.4 is 5.32 Å². The van der Waals surface area contributed by atoms with E-state index in [0.717, 1.165) is 17.1 Å². The minimum atomic E-state index is -2.40. The van der Waals surface area contributed by atoms with Crippen LogP contribution >= 0.6 is 11.3 Å². The topological polar surface area (TPSA) is 24.9 Å². The second kappa shape index (κ2) is 6.02. The molecule has 2 nitrogen and oxygen atoms in total. The maximum Gasteiger partial charge on any atom is 0.263 e. The lowest BCUT2D eigenvalue weighted by Crippen LogP contribution is -2.11. The van der Waals surface area contributed by atoms with Crippen molar-refractivity contribution >= 4 is 11.3 Å². The van der Waals surface area contributed by atoms with Gasteiger partial charge in [0.15, 0.2) is 0 Å². The summed E-state index contributed by atoms with van der Waals surface area (Å²) in [6.45, 7) is 3.39. The molecule has 18 heavy (non-hydrogen) atoms. The van der Waals surface area contributed by atoms with E-state index in [4.69, 9.17) is 0 Å². The number of halogens is 2. The molecule has 0 atom stereocenters. The van der Waals surface area contributed by atoms with Crippen LogP contribution in [0.25, 0.3) is 0 Å². The number of nitrogens with zero attached hydrogens (tertiary/aromatic N) is 1. The van der Waals surface area contributed by atoms with Crippen LogP contribution in [-0.2, 0) is 13.1 Å². The summed E-state index contributed by atoms with van der Waals surface area (Å²) in [6, 6.07) is 6.40. The van der Waals surface area contributed by atoms with Gasteiger partial charge in [0.05, 0.1) is 5.01 Å². The zero-order valence-corrected chi connectivity index (χ0v) is 10.8. The van der Waals surface area contributed by atoms with Gasteiger partial charge in [-0.15, -0.1) is 11.3 Å². The molecule has 0 saturated carbocycles. The summed E-state index contributed by atoms with van der Waals surface area (Å²) in [5.41, 5.74) is 1.07. The van der Waals surface area contributed by atoms with Gasteiger partial charge in [-0.3, -0.25) is 0 Å². The third-order valence-corrected chi connectivity index (χ3v) is 3.44. The molecule has 0 unspecified atom stereocenters. The van der Waals surface area contributed by atoms with Crippen LogP contribution in [0.2, 0.25) is 0 Å². The Bertz CT molecular complexity index is 494. The first kappa shape index (κ1) is 13.1. The van der Waals surface area contributed by atoms with Gasteiger partial charge in [0.1, 0.15) is 0 Å². The van der Waals surface area contributed by atoms with Gasteiger partial charge in [-0.1, -0.05) is 24.3 Å². The van der Waals surface area contributed by atoms with E-state index < -0.39 is 6.43 Å². The second-order valence-electron chi connectivity index (χ2n) is 3.99. The van der Waals surface area contributed by atoms with Gasteiger partial charge >= 0.3 is 0 Å². The van der Waals surface area contributed by atoms with Crippen molar-refractivity contribution in [1.82, 2.24) is 10.3 Å². The molecule has 2 rings (SSSR count). The van der Waals surface area contributed by atoms with Gasteiger partial charge in [-0.25, -0.2) is 13.8 Å². The predicted molar refractivity (Wildman–Crippen MR) is 68.8 cm³/mol. The van der Waals surface area contributed by atoms with E-state index in [-0.39, 0.29) is 5.56 Å². The Morgan fingerprint density at radius 3 is 2.50 bits per heavy atom. The summed E-state index contributed by atoms with van der Waals surface area (Å²) in [7, 11) is 0. The summed E-state index contributed by atoms with van der Waals surface area (Å²) in [5.74, 6) is 0.